The summed E-state index contributed by atoms with van der Waals surface area (Å²) >= 11 is 0. The Morgan fingerprint density at radius 3 is 2.38 bits per heavy atom. The van der Waals surface area contributed by atoms with Gasteiger partial charge in [-0.15, -0.1) is 6.58 Å². The normalized spacial score (nSPS) is 20.1. The van der Waals surface area contributed by atoms with Gasteiger partial charge in [-0.1, -0.05) is 24.3 Å². The Kier molecular flexibility index (Phi) is 4.71. The lowest BCUT2D eigenvalue weighted by molar-refractivity contribution is -0.149. The molecule has 1 aromatic carbocycles. The molecule has 2 unspecified atom stereocenters. The van der Waals surface area contributed by atoms with E-state index in [1.165, 1.54) is 24.4 Å². The maximum absolute atomic E-state index is 13.0. The van der Waals surface area contributed by atoms with Crippen LogP contribution in [-0.4, -0.2) is 50.7 Å². The number of nitrogens with zero attached hydrogens (tertiary/aromatic N) is 2. The van der Waals surface area contributed by atoms with Crippen LogP contribution in [0.1, 0.15) is 40.0 Å². The summed E-state index contributed by atoms with van der Waals surface area (Å²) in [5.74, 6) is -2.84. The number of fused-ring (bicyclic) bond motifs is 1. The van der Waals surface area contributed by atoms with Crippen molar-refractivity contribution in [3.05, 3.63) is 60.3 Å². The maximum Gasteiger partial charge on any atom is 0.326 e. The fourth-order valence-electron chi connectivity index (χ4n) is 3.29. The Morgan fingerprint density at radius 2 is 1.85 bits per heavy atom. The van der Waals surface area contributed by atoms with Crippen molar-refractivity contribution < 1.29 is 24.3 Å². The highest BCUT2D eigenvalue weighted by Crippen LogP contribution is 2.28. The molecule has 134 valence electrons. The van der Waals surface area contributed by atoms with Gasteiger partial charge >= 0.3 is 5.97 Å². The molecular formula is C19H18N2O5. The van der Waals surface area contributed by atoms with E-state index in [0.717, 1.165) is 9.80 Å². The minimum Gasteiger partial charge on any atom is -0.480 e. The second-order valence-electron chi connectivity index (χ2n) is 6.13. The van der Waals surface area contributed by atoms with Crippen LogP contribution in [0.25, 0.3) is 0 Å². The number of hydrogen-bond acceptors (Lipinski definition) is 4. The van der Waals surface area contributed by atoms with Crippen molar-refractivity contribution in [1.82, 2.24) is 9.80 Å². The van der Waals surface area contributed by atoms with E-state index in [9.17, 15) is 24.3 Å². The molecule has 7 heteroatoms. The molecule has 0 spiro atoms. The molecule has 0 fully saturated rings. The summed E-state index contributed by atoms with van der Waals surface area (Å²) in [5.41, 5.74) is 0.478. The zero-order valence-corrected chi connectivity index (χ0v) is 14.0. The molecule has 1 N–H and O–H groups in total. The SMILES string of the molecule is C=CCC(C(=O)N1C=CCCC1C(=O)O)N1C(=O)c2ccccc2C1=O. The van der Waals surface area contributed by atoms with Crippen LogP contribution in [-0.2, 0) is 9.59 Å². The molecule has 1 aromatic rings. The van der Waals surface area contributed by atoms with Gasteiger partial charge in [0.15, 0.2) is 0 Å². The highest BCUT2D eigenvalue weighted by molar-refractivity contribution is 6.22. The summed E-state index contributed by atoms with van der Waals surface area (Å²) < 4.78 is 0. The molecule has 7 nitrogen and oxygen atoms in total. The zero-order valence-electron chi connectivity index (χ0n) is 14.0. The molecule has 2 atom stereocenters. The summed E-state index contributed by atoms with van der Waals surface area (Å²) in [6.07, 6.45) is 5.42. The molecule has 0 saturated carbocycles. The standard InChI is InChI=1S/C19H18N2O5/c1-2-7-14(18(24)20-11-6-5-10-15(20)19(25)26)21-16(22)12-8-3-4-9-13(12)17(21)23/h2-4,6,8-9,11,14-15H,1,5,7,10H2,(H,25,26). The summed E-state index contributed by atoms with van der Waals surface area (Å²) in [7, 11) is 0. The first kappa shape index (κ1) is 17.6. The minimum absolute atomic E-state index is 0.0426. The molecule has 3 rings (SSSR count). The van der Waals surface area contributed by atoms with E-state index < -0.39 is 35.8 Å². The Bertz CT molecular complexity index is 794. The average molecular weight is 354 g/mol. The van der Waals surface area contributed by atoms with Gasteiger partial charge < -0.3 is 10.0 Å². The molecule has 0 bridgehead atoms. The molecule has 2 aliphatic heterocycles. The van der Waals surface area contributed by atoms with Gasteiger partial charge in [-0.3, -0.25) is 19.3 Å². The van der Waals surface area contributed by atoms with Gasteiger partial charge in [0.2, 0.25) is 0 Å². The summed E-state index contributed by atoms with van der Waals surface area (Å²) in [4.78, 5) is 51.9. The van der Waals surface area contributed by atoms with Crippen LogP contribution < -0.4 is 0 Å². The van der Waals surface area contributed by atoms with Gasteiger partial charge in [0.1, 0.15) is 12.1 Å². The number of carboxylic acid groups (broad SMARTS) is 1. The fourth-order valence-corrected chi connectivity index (χ4v) is 3.29. The third-order valence-electron chi connectivity index (χ3n) is 4.56. The van der Waals surface area contributed by atoms with Crippen LogP contribution in [0.2, 0.25) is 0 Å². The molecule has 2 aliphatic rings. The first-order valence-electron chi connectivity index (χ1n) is 8.26. The number of carbonyl (C=O) groups excluding carboxylic acids is 3. The molecule has 3 amide bonds. The van der Waals surface area contributed by atoms with Gasteiger partial charge in [-0.05, 0) is 31.4 Å². The highest BCUT2D eigenvalue weighted by Gasteiger charge is 2.44. The van der Waals surface area contributed by atoms with Crippen molar-refractivity contribution in [2.24, 2.45) is 0 Å². The topological polar surface area (TPSA) is 95.0 Å². The van der Waals surface area contributed by atoms with Crippen molar-refractivity contribution in [2.75, 3.05) is 0 Å². The van der Waals surface area contributed by atoms with Gasteiger partial charge in [0.05, 0.1) is 11.1 Å². The number of amides is 3. The first-order valence-corrected chi connectivity index (χ1v) is 8.26. The minimum atomic E-state index is -1.13. The van der Waals surface area contributed by atoms with Crippen LogP contribution in [0.15, 0.2) is 49.2 Å². The van der Waals surface area contributed by atoms with Gasteiger partial charge in [0, 0.05) is 6.20 Å². The molecule has 0 aromatic heterocycles. The van der Waals surface area contributed by atoms with Gasteiger partial charge in [-0.2, -0.15) is 0 Å². The van der Waals surface area contributed by atoms with E-state index in [1.807, 2.05) is 0 Å². The number of benzene rings is 1. The van der Waals surface area contributed by atoms with E-state index in [0.29, 0.717) is 6.42 Å². The lowest BCUT2D eigenvalue weighted by Gasteiger charge is -2.33. The van der Waals surface area contributed by atoms with E-state index in [-0.39, 0.29) is 24.0 Å². The van der Waals surface area contributed by atoms with Gasteiger partial charge in [-0.25, -0.2) is 4.79 Å². The van der Waals surface area contributed by atoms with E-state index in [1.54, 1.807) is 18.2 Å². The van der Waals surface area contributed by atoms with Crippen LogP contribution in [0.5, 0.6) is 0 Å². The quantitative estimate of drug-likeness (QED) is 0.643. The molecule has 2 heterocycles. The molecule has 0 aliphatic carbocycles. The van der Waals surface area contributed by atoms with E-state index in [4.69, 9.17) is 0 Å². The molecule has 0 saturated heterocycles. The number of aliphatic carboxylic acids is 1. The van der Waals surface area contributed by atoms with E-state index >= 15 is 0 Å². The second kappa shape index (κ2) is 6.95. The molecule has 0 radical (unpaired) electrons. The lowest BCUT2D eigenvalue weighted by Crippen LogP contribution is -2.53. The number of rotatable bonds is 5. The fraction of sp³-hybridized carbons (Fsp3) is 0.263. The summed E-state index contributed by atoms with van der Waals surface area (Å²) in [6, 6.07) is 4.20. The summed E-state index contributed by atoms with van der Waals surface area (Å²) in [6.45, 7) is 3.60. The number of carboxylic acids is 1. The van der Waals surface area contributed by atoms with Crippen molar-refractivity contribution in [3.63, 3.8) is 0 Å². The van der Waals surface area contributed by atoms with E-state index in [2.05, 4.69) is 6.58 Å². The summed E-state index contributed by atoms with van der Waals surface area (Å²) in [5, 5.41) is 9.39. The number of hydrogen-bond donors (Lipinski definition) is 1. The lowest BCUT2D eigenvalue weighted by atomic mass is 10.0. The predicted molar refractivity (Wildman–Crippen MR) is 92.2 cm³/mol. The second-order valence-corrected chi connectivity index (χ2v) is 6.13. The maximum atomic E-state index is 13.0. The van der Waals surface area contributed by atoms with Crippen molar-refractivity contribution >= 4 is 23.7 Å². The van der Waals surface area contributed by atoms with Crippen LogP contribution in [0.3, 0.4) is 0 Å². The highest BCUT2D eigenvalue weighted by atomic mass is 16.4. The van der Waals surface area contributed by atoms with Crippen LogP contribution in [0, 0.1) is 0 Å². The zero-order chi connectivity index (χ0) is 18.8. The van der Waals surface area contributed by atoms with Crippen LogP contribution >= 0.6 is 0 Å². The number of carbonyl (C=O) groups is 4. The average Bonchev–Trinajstić information content (AvgIpc) is 2.90. The third kappa shape index (κ3) is 2.81. The van der Waals surface area contributed by atoms with Crippen molar-refractivity contribution in [1.29, 1.82) is 0 Å². The van der Waals surface area contributed by atoms with Crippen LogP contribution in [0.4, 0.5) is 0 Å². The molecular weight excluding hydrogens is 336 g/mol. The number of imide groups is 1. The Hall–Kier alpha value is -3.22. The third-order valence-corrected chi connectivity index (χ3v) is 4.56. The van der Waals surface area contributed by atoms with Crippen molar-refractivity contribution in [2.45, 2.75) is 31.3 Å². The van der Waals surface area contributed by atoms with Gasteiger partial charge in [0.25, 0.3) is 17.7 Å². The predicted octanol–water partition coefficient (Wildman–Crippen LogP) is 1.82. The van der Waals surface area contributed by atoms with Crippen molar-refractivity contribution in [3.8, 4) is 0 Å². The first-order chi connectivity index (χ1) is 12.5. The Labute approximate surface area is 150 Å². The Morgan fingerprint density at radius 1 is 1.23 bits per heavy atom. The monoisotopic (exact) mass is 354 g/mol. The molecule has 26 heavy (non-hydrogen) atoms. The largest absolute Gasteiger partial charge is 0.480 e. The smallest absolute Gasteiger partial charge is 0.326 e. The Balaban J connectivity index is 1.96. The number of allylic oxidation sites excluding steroid dienone is 1.